The Kier molecular flexibility index (Phi) is 5.29. The van der Waals surface area contributed by atoms with E-state index in [9.17, 15) is 14.9 Å². The van der Waals surface area contributed by atoms with Gasteiger partial charge >= 0.3 is 5.82 Å². The molecule has 26 heavy (non-hydrogen) atoms. The number of nitro groups is 1. The minimum Gasteiger partial charge on any atom is -0.358 e. The predicted molar refractivity (Wildman–Crippen MR) is 99.3 cm³/mol. The highest BCUT2D eigenvalue weighted by Crippen LogP contribution is 2.23. The highest BCUT2D eigenvalue weighted by atomic mass is 79.9. The fraction of sp³-hybridized carbons (Fsp3) is 0.0625. The fourth-order valence-electron chi connectivity index (χ4n) is 2.26. The third-order valence-electron chi connectivity index (χ3n) is 3.41. The van der Waals surface area contributed by atoms with Gasteiger partial charge in [0.15, 0.2) is 5.15 Å². The first-order valence-electron chi connectivity index (χ1n) is 7.32. The summed E-state index contributed by atoms with van der Waals surface area (Å²) in [5.41, 5.74) is 1.60. The van der Waals surface area contributed by atoms with Crippen LogP contribution in [0, 0.1) is 10.1 Å². The number of aromatic nitrogens is 3. The van der Waals surface area contributed by atoms with Gasteiger partial charge in [-0.05, 0) is 50.7 Å². The molecule has 1 aromatic carbocycles. The number of nitrogens with zero attached hydrogens (tertiary/aromatic N) is 4. The molecule has 3 aromatic rings. The Bertz CT molecular complexity index is 992. The normalized spacial score (nSPS) is 10.5. The number of carbonyl (C=O) groups excluding carboxylic acids is 1. The first-order chi connectivity index (χ1) is 12.4. The molecule has 2 heterocycles. The van der Waals surface area contributed by atoms with E-state index in [4.69, 9.17) is 11.6 Å². The molecule has 0 aliphatic carbocycles. The lowest BCUT2D eigenvalue weighted by Crippen LogP contribution is -2.13. The van der Waals surface area contributed by atoms with Crippen LogP contribution >= 0.6 is 27.5 Å². The Morgan fingerprint density at radius 2 is 2.15 bits per heavy atom. The SMILES string of the molecule is O=C(Nc1cccnc1Cl)c1cccc(Cn2cc(Br)c([N+](=O)[O-])n2)c1. The number of hydrogen-bond acceptors (Lipinski definition) is 5. The summed E-state index contributed by atoms with van der Waals surface area (Å²) < 4.78 is 1.72. The second kappa shape index (κ2) is 7.63. The van der Waals surface area contributed by atoms with Crippen molar-refractivity contribution in [2.24, 2.45) is 0 Å². The van der Waals surface area contributed by atoms with Crippen LogP contribution in [-0.4, -0.2) is 25.6 Å². The minimum atomic E-state index is -0.567. The first-order valence-corrected chi connectivity index (χ1v) is 8.49. The van der Waals surface area contributed by atoms with Crippen LogP contribution in [-0.2, 0) is 6.54 Å². The van der Waals surface area contributed by atoms with Gasteiger partial charge in [-0.15, -0.1) is 0 Å². The zero-order valence-corrected chi connectivity index (χ0v) is 15.4. The van der Waals surface area contributed by atoms with Crippen LogP contribution in [0.3, 0.4) is 0 Å². The molecule has 8 nitrogen and oxygen atoms in total. The Hall–Kier alpha value is -2.78. The van der Waals surface area contributed by atoms with Crippen molar-refractivity contribution < 1.29 is 9.72 Å². The largest absolute Gasteiger partial charge is 0.404 e. The quantitative estimate of drug-likeness (QED) is 0.371. The molecule has 3 rings (SSSR count). The molecular formula is C16H11BrClN5O3. The number of carbonyl (C=O) groups is 1. The number of benzene rings is 1. The van der Waals surface area contributed by atoms with E-state index in [0.29, 0.717) is 15.7 Å². The third kappa shape index (κ3) is 4.06. The molecule has 0 radical (unpaired) electrons. The van der Waals surface area contributed by atoms with Gasteiger partial charge in [-0.3, -0.25) is 4.79 Å². The van der Waals surface area contributed by atoms with Crippen LogP contribution in [0.25, 0.3) is 0 Å². The van der Waals surface area contributed by atoms with Gasteiger partial charge in [0.25, 0.3) is 5.91 Å². The Balaban J connectivity index is 1.78. The van der Waals surface area contributed by atoms with Crippen molar-refractivity contribution in [1.29, 1.82) is 0 Å². The van der Waals surface area contributed by atoms with Crippen LogP contribution in [0.2, 0.25) is 5.15 Å². The molecule has 0 fully saturated rings. The molecule has 0 spiro atoms. The second-order valence-electron chi connectivity index (χ2n) is 5.25. The lowest BCUT2D eigenvalue weighted by Gasteiger charge is -2.07. The zero-order chi connectivity index (χ0) is 18.7. The number of halogens is 2. The minimum absolute atomic E-state index is 0.200. The van der Waals surface area contributed by atoms with Crippen molar-refractivity contribution in [3.63, 3.8) is 0 Å². The molecule has 0 unspecified atom stereocenters. The maximum atomic E-state index is 12.4. The molecule has 0 atom stereocenters. The van der Waals surface area contributed by atoms with E-state index < -0.39 is 4.92 Å². The van der Waals surface area contributed by atoms with Gasteiger partial charge in [0.1, 0.15) is 4.47 Å². The van der Waals surface area contributed by atoms with Gasteiger partial charge in [-0.2, -0.15) is 4.68 Å². The Morgan fingerprint density at radius 3 is 2.85 bits per heavy atom. The fourth-order valence-corrected chi connectivity index (χ4v) is 2.89. The van der Waals surface area contributed by atoms with Crippen molar-refractivity contribution in [3.8, 4) is 0 Å². The molecule has 132 valence electrons. The second-order valence-corrected chi connectivity index (χ2v) is 6.46. The molecule has 0 aliphatic heterocycles. The molecule has 1 amide bonds. The van der Waals surface area contributed by atoms with Crippen molar-refractivity contribution in [3.05, 3.63) is 79.7 Å². The Morgan fingerprint density at radius 1 is 1.35 bits per heavy atom. The topological polar surface area (TPSA) is 103 Å². The van der Waals surface area contributed by atoms with Crippen molar-refractivity contribution in [2.45, 2.75) is 6.54 Å². The van der Waals surface area contributed by atoms with Crippen LogP contribution < -0.4 is 5.32 Å². The van der Waals surface area contributed by atoms with Crippen LogP contribution in [0.1, 0.15) is 15.9 Å². The summed E-state index contributed by atoms with van der Waals surface area (Å²) in [6, 6.07) is 10.2. The maximum absolute atomic E-state index is 12.4. The number of amides is 1. The summed E-state index contributed by atoms with van der Waals surface area (Å²) in [7, 11) is 0. The van der Waals surface area contributed by atoms with E-state index in [1.807, 2.05) is 0 Å². The number of nitrogens with one attached hydrogen (secondary N) is 1. The average molecular weight is 437 g/mol. The summed E-state index contributed by atoms with van der Waals surface area (Å²) in [6.07, 6.45) is 3.04. The molecule has 2 aromatic heterocycles. The van der Waals surface area contributed by atoms with Crippen molar-refractivity contribution in [1.82, 2.24) is 14.8 Å². The molecule has 0 saturated carbocycles. The summed E-state index contributed by atoms with van der Waals surface area (Å²) in [5.74, 6) is -0.598. The number of hydrogen-bond donors (Lipinski definition) is 1. The summed E-state index contributed by atoms with van der Waals surface area (Å²) in [6.45, 7) is 0.279. The monoisotopic (exact) mass is 435 g/mol. The van der Waals surface area contributed by atoms with Gasteiger partial charge in [0.05, 0.1) is 23.5 Å². The molecular weight excluding hydrogens is 426 g/mol. The lowest BCUT2D eigenvalue weighted by molar-refractivity contribution is -0.390. The van der Waals surface area contributed by atoms with E-state index in [0.717, 1.165) is 5.56 Å². The molecule has 0 aliphatic rings. The molecule has 0 bridgehead atoms. The zero-order valence-electron chi connectivity index (χ0n) is 13.1. The highest BCUT2D eigenvalue weighted by molar-refractivity contribution is 9.10. The van der Waals surface area contributed by atoms with E-state index >= 15 is 0 Å². The van der Waals surface area contributed by atoms with Crippen molar-refractivity contribution in [2.75, 3.05) is 5.32 Å². The van der Waals surface area contributed by atoms with Gasteiger partial charge in [0.2, 0.25) is 0 Å². The van der Waals surface area contributed by atoms with Crippen LogP contribution in [0.5, 0.6) is 0 Å². The van der Waals surface area contributed by atoms with Crippen LogP contribution in [0.15, 0.2) is 53.3 Å². The first kappa shape index (κ1) is 18.0. The maximum Gasteiger partial charge on any atom is 0.404 e. The van der Waals surface area contributed by atoms with E-state index in [-0.39, 0.29) is 23.4 Å². The van der Waals surface area contributed by atoms with Crippen molar-refractivity contribution >= 4 is 44.9 Å². The van der Waals surface area contributed by atoms with E-state index in [1.165, 1.54) is 17.1 Å². The van der Waals surface area contributed by atoms with Gasteiger partial charge < -0.3 is 15.4 Å². The number of anilines is 1. The van der Waals surface area contributed by atoms with Gasteiger partial charge in [0, 0.05) is 11.8 Å². The third-order valence-corrected chi connectivity index (χ3v) is 4.27. The summed E-state index contributed by atoms with van der Waals surface area (Å²) in [4.78, 5) is 26.6. The van der Waals surface area contributed by atoms with Crippen LogP contribution in [0.4, 0.5) is 11.5 Å². The molecule has 10 heteroatoms. The van der Waals surface area contributed by atoms with Gasteiger partial charge in [-0.1, -0.05) is 23.7 Å². The number of rotatable bonds is 5. The lowest BCUT2D eigenvalue weighted by atomic mass is 10.1. The predicted octanol–water partition coefficient (Wildman–Crippen LogP) is 3.90. The van der Waals surface area contributed by atoms with Gasteiger partial charge in [-0.25, -0.2) is 4.98 Å². The molecule has 1 N–H and O–H groups in total. The average Bonchev–Trinajstić information content (AvgIpc) is 2.97. The van der Waals surface area contributed by atoms with E-state index in [2.05, 4.69) is 31.3 Å². The molecule has 0 saturated heterocycles. The van der Waals surface area contributed by atoms with E-state index in [1.54, 1.807) is 36.4 Å². The standard InChI is InChI=1S/C16H11BrClN5O3/c17-12-9-22(21-15(12)23(25)26)8-10-3-1-4-11(7-10)16(24)20-13-5-2-6-19-14(13)18/h1-7,9H,8H2,(H,20,24). The highest BCUT2D eigenvalue weighted by Gasteiger charge is 2.19. The number of pyridine rings is 1. The smallest absolute Gasteiger partial charge is 0.358 e. The summed E-state index contributed by atoms with van der Waals surface area (Å²) in [5, 5.41) is 17.7. The summed E-state index contributed by atoms with van der Waals surface area (Å²) >= 11 is 9.05. The Labute approximate surface area is 161 Å².